The van der Waals surface area contributed by atoms with Crippen LogP contribution in [-0.2, 0) is 5.54 Å². The van der Waals surface area contributed by atoms with Crippen molar-refractivity contribution in [3.63, 3.8) is 0 Å². The van der Waals surface area contributed by atoms with Crippen molar-refractivity contribution < 1.29 is 23.0 Å². The summed E-state index contributed by atoms with van der Waals surface area (Å²) in [7, 11) is 3.13. The predicted octanol–water partition coefficient (Wildman–Crippen LogP) is 5.44. The van der Waals surface area contributed by atoms with Crippen LogP contribution < -0.4 is 9.47 Å². The number of thiazole rings is 1. The molecule has 3 heterocycles. The average molecular weight is 499 g/mol. The zero-order valence-corrected chi connectivity index (χ0v) is 20.6. The Labute approximate surface area is 204 Å². The fourth-order valence-electron chi connectivity index (χ4n) is 4.71. The summed E-state index contributed by atoms with van der Waals surface area (Å²) in [6.45, 7) is 4.24. The van der Waals surface area contributed by atoms with Gasteiger partial charge < -0.3 is 19.4 Å². The number of nitrogens with zero attached hydrogens (tertiary/aromatic N) is 3. The Hall–Kier alpha value is -3.53. The summed E-state index contributed by atoms with van der Waals surface area (Å²) < 4.78 is 38.6. The monoisotopic (exact) mass is 498 g/mol. The number of ether oxygens (including phenoxy) is 2. The number of fused-ring (bicyclic) bond motifs is 1. The fourth-order valence-corrected chi connectivity index (χ4v) is 5.61. The van der Waals surface area contributed by atoms with Gasteiger partial charge in [-0.1, -0.05) is 0 Å². The largest absolute Gasteiger partial charge is 0.493 e. The molecule has 182 valence electrons. The van der Waals surface area contributed by atoms with Crippen molar-refractivity contribution in [1.29, 1.82) is 0 Å². The molecule has 2 aromatic carbocycles. The van der Waals surface area contributed by atoms with E-state index >= 15 is 0 Å². The predicted molar refractivity (Wildman–Crippen MR) is 129 cm³/mol. The number of H-pyrrole nitrogens is 1. The van der Waals surface area contributed by atoms with E-state index in [1.165, 1.54) is 23.5 Å². The van der Waals surface area contributed by atoms with E-state index in [1.54, 1.807) is 32.1 Å². The third-order valence-corrected chi connectivity index (χ3v) is 7.46. The molecule has 7 nitrogen and oxygen atoms in total. The summed E-state index contributed by atoms with van der Waals surface area (Å²) in [5.74, 6) is 0.0629. The molecule has 35 heavy (non-hydrogen) atoms. The van der Waals surface area contributed by atoms with E-state index in [0.29, 0.717) is 51.3 Å². The summed E-state index contributed by atoms with van der Waals surface area (Å²) in [6.07, 6.45) is 1.47. The second-order valence-electron chi connectivity index (χ2n) is 8.71. The second kappa shape index (κ2) is 8.60. The number of amides is 1. The van der Waals surface area contributed by atoms with Gasteiger partial charge in [-0.2, -0.15) is 0 Å². The number of carbonyl (C=O) groups excluding carboxylic acids is 1. The highest BCUT2D eigenvalue weighted by molar-refractivity contribution is 7.15. The van der Waals surface area contributed by atoms with Crippen LogP contribution in [-0.4, -0.2) is 46.5 Å². The number of benzene rings is 2. The number of aromatic nitrogens is 3. The molecule has 0 aliphatic carbocycles. The SMILES string of the molecule is COc1cc2nc(C3(C)CCCN3C(=O)c3nc(C)sc3-c3cc(F)cc(F)c3)[nH]c2cc1OC. The van der Waals surface area contributed by atoms with Gasteiger partial charge in [-0.25, -0.2) is 18.7 Å². The van der Waals surface area contributed by atoms with Crippen LogP contribution in [0.4, 0.5) is 8.78 Å². The molecule has 1 atom stereocenters. The zero-order chi connectivity index (χ0) is 24.9. The first kappa shape index (κ1) is 23.2. The van der Waals surface area contributed by atoms with E-state index in [4.69, 9.17) is 14.5 Å². The maximum absolute atomic E-state index is 13.9. The summed E-state index contributed by atoms with van der Waals surface area (Å²) in [4.78, 5) is 28.6. The van der Waals surface area contributed by atoms with Crippen LogP contribution in [0.15, 0.2) is 30.3 Å². The molecule has 1 aliphatic rings. The number of rotatable bonds is 5. The average Bonchev–Trinajstić information content (AvgIpc) is 3.53. The molecule has 2 aromatic heterocycles. The number of carbonyl (C=O) groups is 1. The standard InChI is InChI=1S/C25H24F2N4O3S/c1-13-28-21(22(35-13)14-8-15(26)10-16(27)9-14)23(32)31-7-5-6-25(31,2)24-29-17-11-19(33-3)20(34-4)12-18(17)30-24/h8-12H,5-7H2,1-4H3,(H,29,30). The van der Waals surface area contributed by atoms with Crippen LogP contribution in [0.1, 0.15) is 41.1 Å². The highest BCUT2D eigenvalue weighted by atomic mass is 32.1. The Morgan fingerprint density at radius 1 is 1.09 bits per heavy atom. The first-order chi connectivity index (χ1) is 16.7. The third-order valence-electron chi connectivity index (χ3n) is 6.44. The van der Waals surface area contributed by atoms with Crippen molar-refractivity contribution in [3.05, 3.63) is 58.5 Å². The number of hydrogen-bond acceptors (Lipinski definition) is 6. The first-order valence-corrected chi connectivity index (χ1v) is 11.9. The summed E-state index contributed by atoms with van der Waals surface area (Å²) in [5, 5.41) is 0.636. The summed E-state index contributed by atoms with van der Waals surface area (Å²) in [5.41, 5.74) is 1.21. The van der Waals surface area contributed by atoms with Gasteiger partial charge in [-0.15, -0.1) is 11.3 Å². The van der Waals surface area contributed by atoms with Crippen molar-refractivity contribution in [3.8, 4) is 21.9 Å². The van der Waals surface area contributed by atoms with Crippen LogP contribution in [0, 0.1) is 18.6 Å². The van der Waals surface area contributed by atoms with Gasteiger partial charge in [0.2, 0.25) is 0 Å². The molecular formula is C25H24F2N4O3S. The zero-order valence-electron chi connectivity index (χ0n) is 19.7. The van der Waals surface area contributed by atoms with Gasteiger partial charge in [0.15, 0.2) is 11.5 Å². The molecule has 1 amide bonds. The number of halogens is 2. The van der Waals surface area contributed by atoms with Crippen LogP contribution in [0.25, 0.3) is 21.5 Å². The molecular weight excluding hydrogens is 474 g/mol. The topological polar surface area (TPSA) is 80.3 Å². The number of likely N-dealkylation sites (tertiary alicyclic amines) is 1. The number of aryl methyl sites for hydroxylation is 1. The molecule has 1 aliphatic heterocycles. The molecule has 1 N–H and O–H groups in total. The van der Waals surface area contributed by atoms with Gasteiger partial charge >= 0.3 is 0 Å². The molecule has 4 aromatic rings. The summed E-state index contributed by atoms with van der Waals surface area (Å²) in [6, 6.07) is 6.85. The molecule has 0 bridgehead atoms. The van der Waals surface area contributed by atoms with Crippen molar-refractivity contribution in [2.24, 2.45) is 0 Å². The summed E-state index contributed by atoms with van der Waals surface area (Å²) >= 11 is 1.24. The lowest BCUT2D eigenvalue weighted by molar-refractivity contribution is 0.0601. The van der Waals surface area contributed by atoms with Crippen LogP contribution in [0.2, 0.25) is 0 Å². The van der Waals surface area contributed by atoms with Gasteiger partial charge in [-0.05, 0) is 44.4 Å². The van der Waals surface area contributed by atoms with E-state index in [9.17, 15) is 13.6 Å². The van der Waals surface area contributed by atoms with E-state index in [2.05, 4.69) is 9.97 Å². The highest BCUT2D eigenvalue weighted by Crippen LogP contribution is 2.42. The highest BCUT2D eigenvalue weighted by Gasteiger charge is 2.45. The Bertz CT molecular complexity index is 1390. The fraction of sp³-hybridized carbons (Fsp3) is 0.320. The maximum Gasteiger partial charge on any atom is 0.274 e. The Morgan fingerprint density at radius 3 is 2.46 bits per heavy atom. The van der Waals surface area contributed by atoms with E-state index in [-0.39, 0.29) is 11.6 Å². The molecule has 0 spiro atoms. The lowest BCUT2D eigenvalue weighted by atomic mass is 9.97. The van der Waals surface area contributed by atoms with Gasteiger partial charge in [0.1, 0.15) is 23.2 Å². The Balaban J connectivity index is 1.56. The molecule has 0 saturated carbocycles. The van der Waals surface area contributed by atoms with Gasteiger partial charge in [0, 0.05) is 24.7 Å². The van der Waals surface area contributed by atoms with Gasteiger partial charge in [0.25, 0.3) is 5.91 Å². The molecule has 10 heteroatoms. The van der Waals surface area contributed by atoms with Crippen molar-refractivity contribution >= 4 is 28.3 Å². The number of aromatic amines is 1. The Morgan fingerprint density at radius 2 is 1.77 bits per heavy atom. The molecule has 0 radical (unpaired) electrons. The number of hydrogen-bond donors (Lipinski definition) is 1. The van der Waals surface area contributed by atoms with Crippen LogP contribution in [0.5, 0.6) is 11.5 Å². The second-order valence-corrected chi connectivity index (χ2v) is 9.92. The minimum atomic E-state index is -0.724. The first-order valence-electron chi connectivity index (χ1n) is 11.1. The van der Waals surface area contributed by atoms with Gasteiger partial charge in [0.05, 0.1) is 40.7 Å². The Kier molecular flexibility index (Phi) is 5.71. The number of nitrogens with one attached hydrogen (secondary N) is 1. The number of imidazole rings is 1. The van der Waals surface area contributed by atoms with Crippen molar-refractivity contribution in [2.75, 3.05) is 20.8 Å². The third kappa shape index (κ3) is 3.91. The molecule has 5 rings (SSSR count). The van der Waals surface area contributed by atoms with Crippen LogP contribution in [0.3, 0.4) is 0 Å². The molecule has 1 saturated heterocycles. The number of methoxy groups -OCH3 is 2. The molecule has 1 fully saturated rings. The minimum absolute atomic E-state index is 0.185. The van der Waals surface area contributed by atoms with Crippen LogP contribution >= 0.6 is 11.3 Å². The minimum Gasteiger partial charge on any atom is -0.493 e. The van der Waals surface area contributed by atoms with Crippen molar-refractivity contribution in [2.45, 2.75) is 32.2 Å². The van der Waals surface area contributed by atoms with E-state index in [0.717, 1.165) is 18.0 Å². The normalized spacial score (nSPS) is 17.8. The lowest BCUT2D eigenvalue weighted by Crippen LogP contribution is -2.44. The molecule has 1 unspecified atom stereocenters. The van der Waals surface area contributed by atoms with E-state index in [1.807, 2.05) is 13.0 Å². The van der Waals surface area contributed by atoms with Crippen molar-refractivity contribution in [1.82, 2.24) is 19.9 Å². The van der Waals surface area contributed by atoms with E-state index < -0.39 is 17.2 Å². The maximum atomic E-state index is 13.9. The van der Waals surface area contributed by atoms with Gasteiger partial charge in [-0.3, -0.25) is 4.79 Å². The smallest absolute Gasteiger partial charge is 0.274 e. The lowest BCUT2D eigenvalue weighted by Gasteiger charge is -2.33. The quantitative estimate of drug-likeness (QED) is 0.396.